The molecule has 0 amide bonds. The first-order valence-corrected chi connectivity index (χ1v) is 5.12. The van der Waals surface area contributed by atoms with Gasteiger partial charge in [-0.3, -0.25) is 9.59 Å². The summed E-state index contributed by atoms with van der Waals surface area (Å²) in [6.45, 7) is 1.79. The van der Waals surface area contributed by atoms with E-state index in [9.17, 15) is 9.59 Å². The van der Waals surface area contributed by atoms with E-state index < -0.39 is 0 Å². The molecule has 0 saturated carbocycles. The van der Waals surface area contributed by atoms with Crippen molar-refractivity contribution in [3.63, 3.8) is 0 Å². The first-order valence-electron chi connectivity index (χ1n) is 3.53. The van der Waals surface area contributed by atoms with Crippen molar-refractivity contribution < 1.29 is 9.59 Å². The molecule has 0 aliphatic heterocycles. The van der Waals surface area contributed by atoms with E-state index in [-0.39, 0.29) is 9.39 Å². The molecule has 0 atom stereocenters. The molecule has 0 bridgehead atoms. The summed E-state index contributed by atoms with van der Waals surface area (Å²) in [7, 11) is 0. The molecular formula is C9H6Br2O2. The molecule has 0 fully saturated rings. The van der Waals surface area contributed by atoms with Crippen molar-refractivity contribution in [2.75, 3.05) is 0 Å². The Balaban J connectivity index is 3.43. The maximum absolute atomic E-state index is 11.1. The van der Waals surface area contributed by atoms with Gasteiger partial charge in [0.2, 0.25) is 9.39 Å². The predicted octanol–water partition coefficient (Wildman–Crippen LogP) is 3.07. The van der Waals surface area contributed by atoms with Gasteiger partial charge < -0.3 is 0 Å². The zero-order valence-corrected chi connectivity index (χ0v) is 9.98. The molecule has 4 heteroatoms. The zero-order chi connectivity index (χ0) is 10.0. The van der Waals surface area contributed by atoms with Gasteiger partial charge in [0, 0.05) is 11.1 Å². The Morgan fingerprint density at radius 3 is 2.15 bits per heavy atom. The largest absolute Gasteiger partial charge is 0.281 e. The molecule has 0 spiro atoms. The monoisotopic (exact) mass is 304 g/mol. The predicted molar refractivity (Wildman–Crippen MR) is 57.7 cm³/mol. The van der Waals surface area contributed by atoms with Crippen molar-refractivity contribution in [1.82, 2.24) is 0 Å². The lowest BCUT2D eigenvalue weighted by molar-refractivity contribution is 0.106. The van der Waals surface area contributed by atoms with Crippen LogP contribution in [0.1, 0.15) is 26.3 Å². The molecule has 0 N–H and O–H groups in total. The second kappa shape index (κ2) is 4.15. The van der Waals surface area contributed by atoms with E-state index in [2.05, 4.69) is 31.9 Å². The smallest absolute Gasteiger partial charge is 0.229 e. The van der Waals surface area contributed by atoms with Crippen LogP contribution in [0.4, 0.5) is 0 Å². The van der Waals surface area contributed by atoms with E-state index in [4.69, 9.17) is 0 Å². The van der Waals surface area contributed by atoms with E-state index in [1.165, 1.54) is 0 Å². The fourth-order valence-electron chi connectivity index (χ4n) is 1.09. The lowest BCUT2D eigenvalue weighted by Gasteiger charge is -2.04. The fourth-order valence-corrected chi connectivity index (χ4v) is 1.95. The first-order chi connectivity index (χ1) is 6.04. The van der Waals surface area contributed by atoms with Crippen LogP contribution in [0.15, 0.2) is 18.2 Å². The van der Waals surface area contributed by atoms with Crippen LogP contribution in [0.3, 0.4) is 0 Å². The van der Waals surface area contributed by atoms with Gasteiger partial charge in [0.25, 0.3) is 0 Å². The zero-order valence-electron chi connectivity index (χ0n) is 6.80. The molecule has 1 aromatic rings. The Hall–Kier alpha value is -0.480. The van der Waals surface area contributed by atoms with Crippen LogP contribution in [0.5, 0.6) is 0 Å². The van der Waals surface area contributed by atoms with Gasteiger partial charge in [-0.1, -0.05) is 12.1 Å². The molecular weight excluding hydrogens is 300 g/mol. The maximum Gasteiger partial charge on any atom is 0.229 e. The highest BCUT2D eigenvalue weighted by molar-refractivity contribution is 9.18. The molecule has 0 unspecified atom stereocenters. The van der Waals surface area contributed by atoms with Crippen LogP contribution in [0.2, 0.25) is 0 Å². The third-order valence-electron chi connectivity index (χ3n) is 1.68. The lowest BCUT2D eigenvalue weighted by atomic mass is 10.0. The summed E-state index contributed by atoms with van der Waals surface area (Å²) in [5.74, 6) is 0. The van der Waals surface area contributed by atoms with Crippen molar-refractivity contribution in [3.8, 4) is 0 Å². The molecule has 13 heavy (non-hydrogen) atoms. The third-order valence-corrected chi connectivity index (χ3v) is 2.50. The minimum atomic E-state index is -0.279. The van der Waals surface area contributed by atoms with Gasteiger partial charge in [-0.05, 0) is 50.4 Å². The number of carbonyl (C=O) groups is 2. The van der Waals surface area contributed by atoms with E-state index in [1.54, 1.807) is 25.1 Å². The summed E-state index contributed by atoms with van der Waals surface area (Å²) in [4.78, 5) is 22.2. The minimum Gasteiger partial charge on any atom is -0.281 e. The molecule has 0 radical (unpaired) electrons. The van der Waals surface area contributed by atoms with Crippen LogP contribution in [-0.4, -0.2) is 9.39 Å². The van der Waals surface area contributed by atoms with Crippen LogP contribution in [0, 0.1) is 6.92 Å². The van der Waals surface area contributed by atoms with Gasteiger partial charge in [-0.25, -0.2) is 0 Å². The van der Waals surface area contributed by atoms with E-state index in [0.717, 1.165) is 5.56 Å². The number of rotatable bonds is 2. The highest BCUT2D eigenvalue weighted by Gasteiger charge is 2.14. The summed E-state index contributed by atoms with van der Waals surface area (Å²) in [6.07, 6.45) is 0. The molecule has 0 aliphatic rings. The van der Waals surface area contributed by atoms with Crippen molar-refractivity contribution in [1.29, 1.82) is 0 Å². The number of hydrogen-bond donors (Lipinski definition) is 0. The average Bonchev–Trinajstić information content (AvgIpc) is 2.02. The van der Waals surface area contributed by atoms with Gasteiger partial charge in [0.15, 0.2) is 0 Å². The van der Waals surface area contributed by atoms with Crippen LogP contribution >= 0.6 is 31.9 Å². The second-order valence-electron chi connectivity index (χ2n) is 2.54. The van der Waals surface area contributed by atoms with Crippen LogP contribution < -0.4 is 0 Å². The average molecular weight is 306 g/mol. The van der Waals surface area contributed by atoms with Gasteiger partial charge >= 0.3 is 0 Å². The molecule has 0 heterocycles. The molecule has 1 rings (SSSR count). The molecule has 0 aliphatic carbocycles. The summed E-state index contributed by atoms with van der Waals surface area (Å²) in [5.41, 5.74) is 1.60. The lowest BCUT2D eigenvalue weighted by Crippen LogP contribution is -2.02. The van der Waals surface area contributed by atoms with Crippen LogP contribution in [0.25, 0.3) is 0 Å². The molecule has 2 nitrogen and oxygen atoms in total. The summed E-state index contributed by atoms with van der Waals surface area (Å²) < 4.78 is -0.549. The topological polar surface area (TPSA) is 34.1 Å². The van der Waals surface area contributed by atoms with E-state index in [0.29, 0.717) is 11.1 Å². The Bertz CT molecular complexity index is 372. The summed E-state index contributed by atoms with van der Waals surface area (Å²) in [6, 6.07) is 5.13. The van der Waals surface area contributed by atoms with Crippen LogP contribution in [-0.2, 0) is 0 Å². The van der Waals surface area contributed by atoms with Crippen molar-refractivity contribution in [3.05, 3.63) is 34.9 Å². The van der Waals surface area contributed by atoms with Crippen molar-refractivity contribution >= 4 is 41.2 Å². The van der Waals surface area contributed by atoms with Crippen molar-refractivity contribution in [2.24, 2.45) is 0 Å². The normalized spacial score (nSPS) is 9.77. The maximum atomic E-state index is 11.1. The summed E-state index contributed by atoms with van der Waals surface area (Å²) in [5, 5.41) is 0. The van der Waals surface area contributed by atoms with Crippen molar-refractivity contribution in [2.45, 2.75) is 6.92 Å². The SMILES string of the molecule is Cc1cccc(C(=O)Br)c1C(=O)Br. The second-order valence-corrected chi connectivity index (χ2v) is 3.99. The molecule has 0 saturated heterocycles. The standard InChI is InChI=1S/C9H6Br2O2/c1-5-3-2-4-6(8(10)12)7(5)9(11)13/h2-4H,1H3. The number of halogens is 2. The quantitative estimate of drug-likeness (QED) is 0.787. The third kappa shape index (κ3) is 2.25. The number of aryl methyl sites for hydroxylation is 1. The molecule has 0 aromatic heterocycles. The van der Waals surface area contributed by atoms with Gasteiger partial charge in [0.05, 0.1) is 0 Å². The first kappa shape index (κ1) is 10.6. The number of benzene rings is 1. The van der Waals surface area contributed by atoms with Gasteiger partial charge in [0.1, 0.15) is 0 Å². The summed E-state index contributed by atoms with van der Waals surface area (Å²) >= 11 is 5.66. The fraction of sp³-hybridized carbons (Fsp3) is 0.111. The Morgan fingerprint density at radius 1 is 1.15 bits per heavy atom. The Labute approximate surface area is 92.6 Å². The number of hydrogen-bond acceptors (Lipinski definition) is 2. The van der Waals surface area contributed by atoms with E-state index >= 15 is 0 Å². The Morgan fingerprint density at radius 2 is 1.77 bits per heavy atom. The van der Waals surface area contributed by atoms with Gasteiger partial charge in [-0.2, -0.15) is 0 Å². The molecule has 1 aromatic carbocycles. The molecule has 68 valence electrons. The number of carbonyl (C=O) groups excluding carboxylic acids is 2. The Kier molecular flexibility index (Phi) is 3.39. The minimum absolute atomic E-state index is 0.270. The van der Waals surface area contributed by atoms with E-state index in [1.807, 2.05) is 0 Å². The highest BCUT2D eigenvalue weighted by Crippen LogP contribution is 2.19. The highest BCUT2D eigenvalue weighted by atomic mass is 79.9. The van der Waals surface area contributed by atoms with Gasteiger partial charge in [-0.15, -0.1) is 0 Å².